The second kappa shape index (κ2) is 8.20. The Bertz CT molecular complexity index is 1170. The molecule has 152 valence electrons. The first-order valence-corrected chi connectivity index (χ1v) is 9.49. The van der Waals surface area contributed by atoms with Crippen LogP contribution in [0.25, 0.3) is 11.0 Å². The van der Waals surface area contributed by atoms with E-state index in [1.54, 1.807) is 17.9 Å². The van der Waals surface area contributed by atoms with E-state index in [1.165, 1.54) is 0 Å². The number of hydrogen-bond donors (Lipinski definition) is 2. The van der Waals surface area contributed by atoms with Gasteiger partial charge in [0.25, 0.3) is 0 Å². The Hall–Kier alpha value is -3.94. The third-order valence-electron chi connectivity index (χ3n) is 4.78. The van der Waals surface area contributed by atoms with E-state index in [2.05, 4.69) is 25.4 Å². The molecule has 30 heavy (non-hydrogen) atoms. The van der Waals surface area contributed by atoms with Gasteiger partial charge in [-0.15, -0.1) is 0 Å². The number of aromatic nitrogens is 4. The largest absolute Gasteiger partial charge is 0.497 e. The molecule has 0 fully saturated rings. The molecule has 0 spiro atoms. The Kier molecular flexibility index (Phi) is 5.30. The Balaban J connectivity index is 1.66. The van der Waals surface area contributed by atoms with Gasteiger partial charge in [-0.25, -0.2) is 9.78 Å². The molecule has 2 amide bonds. The molecule has 2 N–H and O–H groups in total. The number of H-pyrrole nitrogens is 1. The number of aromatic amines is 1. The molecule has 0 aliphatic carbocycles. The minimum atomic E-state index is -0.503. The summed E-state index contributed by atoms with van der Waals surface area (Å²) in [6, 6.07) is 16.6. The quantitative estimate of drug-likeness (QED) is 0.495. The minimum absolute atomic E-state index is 0.429. The first-order chi connectivity index (χ1) is 14.5. The molecule has 8 heteroatoms. The summed E-state index contributed by atoms with van der Waals surface area (Å²) in [6.45, 7) is 1.91. The van der Waals surface area contributed by atoms with E-state index < -0.39 is 6.03 Å². The molecule has 8 nitrogen and oxygen atoms in total. The SMILES string of the molecule is COc1ccc(C/C(=N\C(=O)Nc2cc(C)n(C)n2)c2nc3ccccc3[nH]2)cc1. The molecule has 2 heterocycles. The lowest BCUT2D eigenvalue weighted by molar-refractivity contribution is 0.259. The maximum Gasteiger partial charge on any atom is 0.346 e. The summed E-state index contributed by atoms with van der Waals surface area (Å²) in [5.74, 6) is 1.78. The summed E-state index contributed by atoms with van der Waals surface area (Å²) >= 11 is 0. The van der Waals surface area contributed by atoms with E-state index in [1.807, 2.05) is 62.5 Å². The standard InChI is InChI=1S/C22H22N6O2/c1-14-12-20(27-28(14)2)26-22(29)25-19(13-15-8-10-16(30-3)11-9-15)21-23-17-6-4-5-7-18(17)24-21/h4-12H,13H2,1-3H3,(H,23,24)(H,26,27,29)/b25-19+. The highest BCUT2D eigenvalue weighted by Crippen LogP contribution is 2.16. The second-order valence-electron chi connectivity index (χ2n) is 6.91. The molecule has 0 radical (unpaired) electrons. The van der Waals surface area contributed by atoms with Crippen LogP contribution in [-0.2, 0) is 13.5 Å². The van der Waals surface area contributed by atoms with Crippen molar-refractivity contribution in [2.24, 2.45) is 12.0 Å². The molecule has 2 aromatic heterocycles. The summed E-state index contributed by atoms with van der Waals surface area (Å²) in [6.07, 6.45) is 0.429. The number of nitrogens with zero attached hydrogens (tertiary/aromatic N) is 4. The molecule has 0 atom stereocenters. The van der Waals surface area contributed by atoms with Crippen LogP contribution in [0.5, 0.6) is 5.75 Å². The highest BCUT2D eigenvalue weighted by atomic mass is 16.5. The van der Waals surface area contributed by atoms with E-state index in [4.69, 9.17) is 4.74 Å². The van der Waals surface area contributed by atoms with E-state index >= 15 is 0 Å². The molecule has 0 bridgehead atoms. The van der Waals surface area contributed by atoms with Crippen LogP contribution in [0.4, 0.5) is 10.6 Å². The lowest BCUT2D eigenvalue weighted by Gasteiger charge is -2.06. The van der Waals surface area contributed by atoms with Crippen molar-refractivity contribution in [1.29, 1.82) is 0 Å². The predicted octanol–water partition coefficient (Wildman–Crippen LogP) is 3.88. The van der Waals surface area contributed by atoms with Crippen LogP contribution in [-0.4, -0.2) is 38.6 Å². The maximum atomic E-state index is 12.6. The number of nitrogens with one attached hydrogen (secondary N) is 2. The number of ether oxygens (including phenoxy) is 1. The summed E-state index contributed by atoms with van der Waals surface area (Å²) in [5, 5.41) is 6.97. The Morgan fingerprint density at radius 1 is 1.20 bits per heavy atom. The van der Waals surface area contributed by atoms with Crippen LogP contribution in [0, 0.1) is 6.92 Å². The zero-order chi connectivity index (χ0) is 21.1. The third-order valence-corrected chi connectivity index (χ3v) is 4.78. The lowest BCUT2D eigenvalue weighted by atomic mass is 10.1. The first kappa shape index (κ1) is 19.4. The summed E-state index contributed by atoms with van der Waals surface area (Å²) in [7, 11) is 3.44. The van der Waals surface area contributed by atoms with Crippen LogP contribution in [0.3, 0.4) is 0 Å². The number of imidazole rings is 1. The van der Waals surface area contributed by atoms with Gasteiger partial charge in [0.2, 0.25) is 0 Å². The van der Waals surface area contributed by atoms with Crippen molar-refractivity contribution in [2.75, 3.05) is 12.4 Å². The second-order valence-corrected chi connectivity index (χ2v) is 6.91. The predicted molar refractivity (Wildman–Crippen MR) is 116 cm³/mol. The normalized spacial score (nSPS) is 11.6. The number of para-hydroxylation sites is 2. The Labute approximate surface area is 173 Å². The Morgan fingerprint density at radius 2 is 1.97 bits per heavy atom. The molecule has 0 saturated carbocycles. The third kappa shape index (κ3) is 4.22. The number of amides is 2. The molecule has 0 unspecified atom stereocenters. The summed E-state index contributed by atoms with van der Waals surface area (Å²) in [4.78, 5) is 24.8. The highest BCUT2D eigenvalue weighted by Gasteiger charge is 2.14. The van der Waals surface area contributed by atoms with Gasteiger partial charge in [-0.05, 0) is 36.8 Å². The van der Waals surface area contributed by atoms with Gasteiger partial charge in [-0.3, -0.25) is 10.00 Å². The fraction of sp³-hybridized carbons (Fsp3) is 0.182. The smallest absolute Gasteiger partial charge is 0.346 e. The summed E-state index contributed by atoms with van der Waals surface area (Å²) < 4.78 is 6.91. The molecule has 0 saturated heterocycles. The van der Waals surface area contributed by atoms with Crippen LogP contribution in [0.2, 0.25) is 0 Å². The van der Waals surface area contributed by atoms with Crippen molar-refractivity contribution in [3.63, 3.8) is 0 Å². The Morgan fingerprint density at radius 3 is 2.63 bits per heavy atom. The number of benzene rings is 2. The van der Waals surface area contributed by atoms with Gasteiger partial charge >= 0.3 is 6.03 Å². The monoisotopic (exact) mass is 402 g/mol. The van der Waals surface area contributed by atoms with Gasteiger partial charge in [-0.1, -0.05) is 24.3 Å². The number of hydrogen-bond acceptors (Lipinski definition) is 4. The molecule has 4 aromatic rings. The molecule has 0 aliphatic rings. The number of carbonyl (C=O) groups is 1. The van der Waals surface area contributed by atoms with Crippen LogP contribution < -0.4 is 10.1 Å². The number of carbonyl (C=O) groups excluding carboxylic acids is 1. The van der Waals surface area contributed by atoms with Gasteiger partial charge < -0.3 is 9.72 Å². The van der Waals surface area contributed by atoms with Gasteiger partial charge in [0.05, 0.1) is 23.9 Å². The number of aliphatic imine (C=N–C) groups is 1. The lowest BCUT2D eigenvalue weighted by Crippen LogP contribution is -2.15. The van der Waals surface area contributed by atoms with Crippen molar-refractivity contribution in [3.8, 4) is 5.75 Å². The highest BCUT2D eigenvalue weighted by molar-refractivity contribution is 6.08. The number of aryl methyl sites for hydroxylation is 2. The van der Waals surface area contributed by atoms with Gasteiger partial charge in [-0.2, -0.15) is 10.1 Å². The van der Waals surface area contributed by atoms with Gasteiger partial charge in [0.1, 0.15) is 5.75 Å². The van der Waals surface area contributed by atoms with E-state index in [0.717, 1.165) is 28.0 Å². The number of urea groups is 1. The molecular weight excluding hydrogens is 380 g/mol. The fourth-order valence-electron chi connectivity index (χ4n) is 3.08. The summed E-state index contributed by atoms with van der Waals surface area (Å²) in [5.41, 5.74) is 4.15. The van der Waals surface area contributed by atoms with Gasteiger partial charge in [0.15, 0.2) is 11.6 Å². The number of anilines is 1. The van der Waals surface area contributed by atoms with Crippen molar-refractivity contribution in [3.05, 3.63) is 71.7 Å². The zero-order valence-corrected chi connectivity index (χ0v) is 17.0. The van der Waals surface area contributed by atoms with Gasteiger partial charge in [0, 0.05) is 25.2 Å². The number of rotatable bonds is 5. The average Bonchev–Trinajstić information content (AvgIpc) is 3.30. The molecular formula is C22H22N6O2. The first-order valence-electron chi connectivity index (χ1n) is 9.49. The van der Waals surface area contributed by atoms with Crippen LogP contribution in [0.1, 0.15) is 17.1 Å². The van der Waals surface area contributed by atoms with Crippen LogP contribution >= 0.6 is 0 Å². The van der Waals surface area contributed by atoms with Crippen molar-refractivity contribution >= 4 is 28.6 Å². The van der Waals surface area contributed by atoms with Crippen molar-refractivity contribution < 1.29 is 9.53 Å². The average molecular weight is 402 g/mol. The van der Waals surface area contributed by atoms with Crippen LogP contribution in [0.15, 0.2) is 59.6 Å². The number of methoxy groups -OCH3 is 1. The van der Waals surface area contributed by atoms with E-state index in [0.29, 0.717) is 23.8 Å². The maximum absolute atomic E-state index is 12.6. The fourth-order valence-corrected chi connectivity index (χ4v) is 3.08. The zero-order valence-electron chi connectivity index (χ0n) is 17.0. The van der Waals surface area contributed by atoms with E-state index in [-0.39, 0.29) is 0 Å². The van der Waals surface area contributed by atoms with E-state index in [9.17, 15) is 4.79 Å². The molecule has 2 aromatic carbocycles. The molecule has 4 rings (SSSR count). The topological polar surface area (TPSA) is 97.2 Å². The minimum Gasteiger partial charge on any atom is -0.497 e. The number of fused-ring (bicyclic) bond motifs is 1. The van der Waals surface area contributed by atoms with Crippen molar-refractivity contribution in [1.82, 2.24) is 19.7 Å². The molecule has 0 aliphatic heterocycles. The van der Waals surface area contributed by atoms with Crippen molar-refractivity contribution in [2.45, 2.75) is 13.3 Å².